The second-order valence-corrected chi connectivity index (χ2v) is 6.52. The minimum atomic E-state index is 0.0364. The first kappa shape index (κ1) is 14.8. The molecule has 5 nitrogen and oxygen atoms in total. The van der Waals surface area contributed by atoms with Gasteiger partial charge >= 0.3 is 0 Å². The summed E-state index contributed by atoms with van der Waals surface area (Å²) in [6.07, 6.45) is 3.16. The normalized spacial score (nSPS) is 31.8. The molecule has 1 saturated heterocycles. The van der Waals surface area contributed by atoms with Crippen molar-refractivity contribution in [1.82, 2.24) is 10.2 Å². The average Bonchev–Trinajstić information content (AvgIpc) is 2.37. The summed E-state index contributed by atoms with van der Waals surface area (Å²) in [5.74, 6) is 0.128. The van der Waals surface area contributed by atoms with Crippen molar-refractivity contribution in [2.45, 2.75) is 51.3 Å². The first-order valence-corrected chi connectivity index (χ1v) is 7.23. The highest BCUT2D eigenvalue weighted by molar-refractivity contribution is 5.78. The second kappa shape index (κ2) is 5.77. The predicted octanol–water partition coefficient (Wildman–Crippen LogP) is 0.339. The maximum atomic E-state index is 12.1. The molecule has 0 aromatic heterocycles. The molecule has 2 rings (SSSR count). The number of carbonyl (C=O) groups excluding carboxylic acids is 1. The molecule has 110 valence electrons. The monoisotopic (exact) mass is 269 g/mol. The molecule has 0 aromatic carbocycles. The Hall–Kier alpha value is -0.650. The Morgan fingerprint density at radius 3 is 2.58 bits per heavy atom. The lowest BCUT2D eigenvalue weighted by Crippen LogP contribution is -2.62. The van der Waals surface area contributed by atoms with Crippen LogP contribution in [0, 0.1) is 5.41 Å². The molecule has 2 atom stereocenters. The number of piperidine rings is 1. The molecule has 1 amide bonds. The lowest BCUT2D eigenvalue weighted by atomic mass is 9.64. The van der Waals surface area contributed by atoms with E-state index in [1.54, 1.807) is 7.11 Å². The molecule has 0 aromatic rings. The van der Waals surface area contributed by atoms with Crippen LogP contribution in [0.1, 0.15) is 33.1 Å². The zero-order valence-electron chi connectivity index (χ0n) is 12.3. The van der Waals surface area contributed by atoms with Crippen molar-refractivity contribution in [3.63, 3.8) is 0 Å². The van der Waals surface area contributed by atoms with Crippen LogP contribution < -0.4 is 11.1 Å². The van der Waals surface area contributed by atoms with E-state index in [1.807, 2.05) is 0 Å². The highest BCUT2D eigenvalue weighted by Gasteiger charge is 2.49. The zero-order valence-corrected chi connectivity index (χ0v) is 12.3. The van der Waals surface area contributed by atoms with Crippen LogP contribution in [-0.4, -0.2) is 55.7 Å². The van der Waals surface area contributed by atoms with E-state index >= 15 is 0 Å². The maximum Gasteiger partial charge on any atom is 0.234 e. The highest BCUT2D eigenvalue weighted by atomic mass is 16.5. The van der Waals surface area contributed by atoms with Crippen molar-refractivity contribution in [2.24, 2.45) is 11.1 Å². The van der Waals surface area contributed by atoms with Crippen LogP contribution in [0.5, 0.6) is 0 Å². The van der Waals surface area contributed by atoms with Gasteiger partial charge in [0, 0.05) is 37.7 Å². The van der Waals surface area contributed by atoms with Gasteiger partial charge in [0.15, 0.2) is 0 Å². The number of nitrogens with one attached hydrogen (secondary N) is 1. The van der Waals surface area contributed by atoms with Gasteiger partial charge in [-0.1, -0.05) is 13.8 Å². The number of methoxy groups -OCH3 is 1. The van der Waals surface area contributed by atoms with Crippen molar-refractivity contribution < 1.29 is 9.53 Å². The number of hydrogen-bond donors (Lipinski definition) is 2. The molecule has 2 aliphatic rings. The van der Waals surface area contributed by atoms with Crippen molar-refractivity contribution in [3.8, 4) is 0 Å². The number of nitrogens with zero attached hydrogens (tertiary/aromatic N) is 1. The maximum absolute atomic E-state index is 12.1. The number of rotatable bonds is 4. The summed E-state index contributed by atoms with van der Waals surface area (Å²) >= 11 is 0. The topological polar surface area (TPSA) is 67.6 Å². The van der Waals surface area contributed by atoms with Crippen LogP contribution in [-0.2, 0) is 9.53 Å². The first-order chi connectivity index (χ1) is 8.93. The molecule has 19 heavy (non-hydrogen) atoms. The molecule has 0 radical (unpaired) electrons. The van der Waals surface area contributed by atoms with Gasteiger partial charge in [-0.05, 0) is 19.3 Å². The van der Waals surface area contributed by atoms with Gasteiger partial charge in [-0.2, -0.15) is 0 Å². The first-order valence-electron chi connectivity index (χ1n) is 7.23. The van der Waals surface area contributed by atoms with E-state index in [0.29, 0.717) is 12.6 Å². The van der Waals surface area contributed by atoms with E-state index < -0.39 is 0 Å². The standard InChI is InChI=1S/C14H27N3O2/c1-14(2)11(8-12(14)19-3)16-13(18)9-17-6-4-10(15)5-7-17/h10-12H,4-9,15H2,1-3H3,(H,16,18). The number of nitrogens with two attached hydrogens (primary N) is 1. The predicted molar refractivity (Wildman–Crippen MR) is 74.8 cm³/mol. The Morgan fingerprint density at radius 1 is 1.42 bits per heavy atom. The van der Waals surface area contributed by atoms with E-state index in [9.17, 15) is 4.79 Å². The molecule has 0 spiro atoms. The summed E-state index contributed by atoms with van der Waals surface area (Å²) < 4.78 is 5.40. The molecule has 1 aliphatic carbocycles. The Balaban J connectivity index is 1.73. The van der Waals surface area contributed by atoms with Gasteiger partial charge in [0.2, 0.25) is 5.91 Å². The number of amides is 1. The van der Waals surface area contributed by atoms with Crippen LogP contribution >= 0.6 is 0 Å². The van der Waals surface area contributed by atoms with E-state index in [4.69, 9.17) is 10.5 Å². The Bertz CT molecular complexity index is 325. The van der Waals surface area contributed by atoms with Gasteiger partial charge in [0.05, 0.1) is 12.6 Å². The third-order valence-corrected chi connectivity index (χ3v) is 4.80. The van der Waals surface area contributed by atoms with E-state index in [1.165, 1.54) is 0 Å². The Morgan fingerprint density at radius 2 is 2.05 bits per heavy atom. The van der Waals surface area contributed by atoms with Gasteiger partial charge < -0.3 is 15.8 Å². The summed E-state index contributed by atoms with van der Waals surface area (Å²) in [5.41, 5.74) is 5.90. The molecule has 0 bridgehead atoms. The quantitative estimate of drug-likeness (QED) is 0.772. The van der Waals surface area contributed by atoms with Crippen molar-refractivity contribution in [1.29, 1.82) is 0 Å². The molecule has 1 heterocycles. The minimum Gasteiger partial charge on any atom is -0.381 e. The van der Waals surface area contributed by atoms with Gasteiger partial charge in [0.25, 0.3) is 0 Å². The average molecular weight is 269 g/mol. The smallest absolute Gasteiger partial charge is 0.234 e. The van der Waals surface area contributed by atoms with Crippen LogP contribution in [0.2, 0.25) is 0 Å². The molecule has 5 heteroatoms. The number of carbonyl (C=O) groups is 1. The van der Waals surface area contributed by atoms with Crippen LogP contribution in [0.25, 0.3) is 0 Å². The summed E-state index contributed by atoms with van der Waals surface area (Å²) in [7, 11) is 1.74. The van der Waals surface area contributed by atoms with Crippen molar-refractivity contribution in [2.75, 3.05) is 26.7 Å². The third-order valence-electron chi connectivity index (χ3n) is 4.80. The summed E-state index contributed by atoms with van der Waals surface area (Å²) in [6.45, 7) is 6.66. The number of likely N-dealkylation sites (tertiary alicyclic amines) is 1. The molecule has 1 aliphatic heterocycles. The van der Waals surface area contributed by atoms with Gasteiger partial charge in [-0.15, -0.1) is 0 Å². The van der Waals surface area contributed by atoms with Gasteiger partial charge in [0.1, 0.15) is 0 Å². The van der Waals surface area contributed by atoms with Crippen molar-refractivity contribution >= 4 is 5.91 Å². The van der Waals surface area contributed by atoms with Gasteiger partial charge in [-0.25, -0.2) is 0 Å². The fourth-order valence-corrected chi connectivity index (χ4v) is 3.08. The summed E-state index contributed by atoms with van der Waals surface area (Å²) in [6, 6.07) is 0.546. The second-order valence-electron chi connectivity index (χ2n) is 6.52. The van der Waals surface area contributed by atoms with E-state index in [0.717, 1.165) is 32.4 Å². The Labute approximate surface area is 115 Å². The molecule has 2 fully saturated rings. The van der Waals surface area contributed by atoms with Crippen LogP contribution in [0.4, 0.5) is 0 Å². The molecule has 1 saturated carbocycles. The van der Waals surface area contributed by atoms with Crippen LogP contribution in [0.3, 0.4) is 0 Å². The van der Waals surface area contributed by atoms with Crippen LogP contribution in [0.15, 0.2) is 0 Å². The molecular formula is C14H27N3O2. The summed E-state index contributed by atoms with van der Waals surface area (Å²) in [5, 5.41) is 3.14. The highest BCUT2D eigenvalue weighted by Crippen LogP contribution is 2.42. The fourth-order valence-electron chi connectivity index (χ4n) is 3.08. The van der Waals surface area contributed by atoms with Gasteiger partial charge in [-0.3, -0.25) is 9.69 Å². The molecule has 3 N–H and O–H groups in total. The lowest BCUT2D eigenvalue weighted by molar-refractivity contribution is -0.133. The Kier molecular flexibility index (Phi) is 4.48. The number of hydrogen-bond acceptors (Lipinski definition) is 4. The lowest BCUT2D eigenvalue weighted by Gasteiger charge is -2.51. The largest absolute Gasteiger partial charge is 0.381 e. The summed E-state index contributed by atoms with van der Waals surface area (Å²) in [4.78, 5) is 14.2. The minimum absolute atomic E-state index is 0.0364. The number of ether oxygens (including phenoxy) is 1. The van der Waals surface area contributed by atoms with E-state index in [2.05, 4.69) is 24.1 Å². The zero-order chi connectivity index (χ0) is 14.0. The molecular weight excluding hydrogens is 242 g/mol. The molecule has 2 unspecified atom stereocenters. The SMILES string of the molecule is COC1CC(NC(=O)CN2CCC(N)CC2)C1(C)C. The van der Waals surface area contributed by atoms with Crippen molar-refractivity contribution in [3.05, 3.63) is 0 Å². The third kappa shape index (κ3) is 3.27. The fraction of sp³-hybridized carbons (Fsp3) is 0.929. The van der Waals surface area contributed by atoms with E-state index in [-0.39, 0.29) is 23.5 Å².